The molecular weight excluding hydrogens is 179 g/mol. The molecule has 2 nitrogen and oxygen atoms in total. The fraction of sp³-hybridized carbons (Fsp3) is 0.455. The van der Waals surface area contributed by atoms with Crippen LogP contribution in [-0.4, -0.2) is 6.04 Å². The Labute approximate surface area is 83.1 Å². The maximum absolute atomic E-state index is 13.0. The lowest BCUT2D eigenvalue weighted by atomic mass is 9.89. The molecule has 1 aliphatic rings. The predicted octanol–water partition coefficient (Wildman–Crippen LogP) is 1.79. The minimum Gasteiger partial charge on any atom is -0.396 e. The molecule has 1 fully saturated rings. The average molecular weight is 194 g/mol. The Hall–Kier alpha value is -1.09. The Morgan fingerprint density at radius 1 is 1.43 bits per heavy atom. The zero-order valence-electron chi connectivity index (χ0n) is 8.26. The summed E-state index contributed by atoms with van der Waals surface area (Å²) in [7, 11) is 0. The lowest BCUT2D eigenvalue weighted by Crippen LogP contribution is -2.31. The van der Waals surface area contributed by atoms with Crippen LogP contribution in [-0.2, 0) is 5.41 Å². The second-order valence-electron chi connectivity index (χ2n) is 4.18. The van der Waals surface area contributed by atoms with Gasteiger partial charge in [-0.25, -0.2) is 4.39 Å². The van der Waals surface area contributed by atoms with Gasteiger partial charge in [0, 0.05) is 11.5 Å². The largest absolute Gasteiger partial charge is 0.396 e. The van der Waals surface area contributed by atoms with Crippen molar-refractivity contribution in [2.45, 2.75) is 31.2 Å². The molecular formula is C11H15FN2. The van der Waals surface area contributed by atoms with E-state index in [0.29, 0.717) is 0 Å². The first-order valence-corrected chi connectivity index (χ1v) is 4.87. The number of rotatable bonds is 2. The average Bonchev–Trinajstić information content (AvgIpc) is 2.90. The summed E-state index contributed by atoms with van der Waals surface area (Å²) in [5.74, 6) is -0.353. The van der Waals surface area contributed by atoms with Crippen molar-refractivity contribution in [1.82, 2.24) is 0 Å². The Balaban J connectivity index is 2.38. The standard InChI is InChI=1S/C11H15FN2/c1-7(13)11(4-5-11)8-2-3-9(12)10(14)6-8/h2-3,6-7H,4-5,13-14H2,1H3. The van der Waals surface area contributed by atoms with Crippen molar-refractivity contribution in [3.8, 4) is 0 Å². The third kappa shape index (κ3) is 1.28. The Morgan fingerprint density at radius 3 is 2.50 bits per heavy atom. The van der Waals surface area contributed by atoms with Crippen LogP contribution in [0.1, 0.15) is 25.3 Å². The van der Waals surface area contributed by atoms with Gasteiger partial charge in [0.15, 0.2) is 0 Å². The van der Waals surface area contributed by atoms with Gasteiger partial charge >= 0.3 is 0 Å². The fourth-order valence-electron chi connectivity index (χ4n) is 2.00. The minimum absolute atomic E-state index is 0.0574. The number of benzene rings is 1. The highest BCUT2D eigenvalue weighted by atomic mass is 19.1. The van der Waals surface area contributed by atoms with Gasteiger partial charge in [-0.2, -0.15) is 0 Å². The van der Waals surface area contributed by atoms with Crippen LogP contribution in [0.2, 0.25) is 0 Å². The molecule has 1 aromatic rings. The molecule has 1 aliphatic carbocycles. The van der Waals surface area contributed by atoms with Crippen molar-refractivity contribution in [3.63, 3.8) is 0 Å². The van der Waals surface area contributed by atoms with E-state index in [9.17, 15) is 4.39 Å². The predicted molar refractivity (Wildman–Crippen MR) is 55.4 cm³/mol. The first-order chi connectivity index (χ1) is 6.56. The van der Waals surface area contributed by atoms with Crippen molar-refractivity contribution in [2.24, 2.45) is 5.73 Å². The van der Waals surface area contributed by atoms with Crippen LogP contribution in [0.15, 0.2) is 18.2 Å². The molecule has 1 aromatic carbocycles. The van der Waals surface area contributed by atoms with Gasteiger partial charge in [0.05, 0.1) is 5.69 Å². The molecule has 0 saturated heterocycles. The highest BCUT2D eigenvalue weighted by molar-refractivity contribution is 5.47. The topological polar surface area (TPSA) is 52.0 Å². The van der Waals surface area contributed by atoms with Crippen molar-refractivity contribution < 1.29 is 4.39 Å². The maximum atomic E-state index is 13.0. The van der Waals surface area contributed by atoms with Gasteiger partial charge in [-0.15, -0.1) is 0 Å². The molecule has 1 unspecified atom stereocenters. The number of hydrogen-bond donors (Lipinski definition) is 2. The first-order valence-electron chi connectivity index (χ1n) is 4.87. The number of hydrogen-bond acceptors (Lipinski definition) is 2. The Kier molecular flexibility index (Phi) is 2.00. The summed E-state index contributed by atoms with van der Waals surface area (Å²) in [6.45, 7) is 1.99. The summed E-state index contributed by atoms with van der Waals surface area (Å²) in [5, 5.41) is 0. The van der Waals surface area contributed by atoms with Crippen LogP contribution in [0.5, 0.6) is 0 Å². The van der Waals surface area contributed by atoms with Gasteiger partial charge in [-0.05, 0) is 37.5 Å². The molecule has 3 heteroatoms. The summed E-state index contributed by atoms with van der Waals surface area (Å²) in [5.41, 5.74) is 12.8. The van der Waals surface area contributed by atoms with Gasteiger partial charge in [-0.1, -0.05) is 6.07 Å². The van der Waals surface area contributed by atoms with E-state index in [1.165, 1.54) is 6.07 Å². The van der Waals surface area contributed by atoms with Crippen LogP contribution in [0.25, 0.3) is 0 Å². The van der Waals surface area contributed by atoms with E-state index < -0.39 is 0 Å². The molecule has 76 valence electrons. The lowest BCUT2D eigenvalue weighted by molar-refractivity contribution is 0.554. The minimum atomic E-state index is -0.353. The lowest BCUT2D eigenvalue weighted by Gasteiger charge is -2.20. The molecule has 0 aliphatic heterocycles. The normalized spacial score (nSPS) is 20.5. The van der Waals surface area contributed by atoms with Gasteiger partial charge < -0.3 is 11.5 Å². The SMILES string of the molecule is CC(N)C1(c2ccc(F)c(N)c2)CC1. The molecule has 2 rings (SSSR count). The van der Waals surface area contributed by atoms with Gasteiger partial charge in [0.1, 0.15) is 5.82 Å². The van der Waals surface area contributed by atoms with Crippen molar-refractivity contribution >= 4 is 5.69 Å². The third-order valence-corrected chi connectivity index (χ3v) is 3.23. The van der Waals surface area contributed by atoms with E-state index in [0.717, 1.165) is 18.4 Å². The third-order valence-electron chi connectivity index (χ3n) is 3.23. The molecule has 1 saturated carbocycles. The summed E-state index contributed by atoms with van der Waals surface area (Å²) in [6, 6.07) is 5.04. The van der Waals surface area contributed by atoms with Gasteiger partial charge in [-0.3, -0.25) is 0 Å². The summed E-state index contributed by atoms with van der Waals surface area (Å²) in [4.78, 5) is 0. The first kappa shape index (κ1) is 9.46. The van der Waals surface area contributed by atoms with Crippen LogP contribution in [0, 0.1) is 5.82 Å². The molecule has 0 heterocycles. The molecule has 1 atom stereocenters. The summed E-state index contributed by atoms with van der Waals surface area (Å²) in [6.07, 6.45) is 2.16. The Morgan fingerprint density at radius 2 is 2.07 bits per heavy atom. The van der Waals surface area contributed by atoms with E-state index in [1.807, 2.05) is 6.92 Å². The van der Waals surface area contributed by atoms with Crippen LogP contribution < -0.4 is 11.5 Å². The van der Waals surface area contributed by atoms with E-state index in [-0.39, 0.29) is 23.0 Å². The smallest absolute Gasteiger partial charge is 0.146 e. The zero-order chi connectivity index (χ0) is 10.3. The summed E-state index contributed by atoms with van der Waals surface area (Å²) < 4.78 is 13.0. The van der Waals surface area contributed by atoms with Crippen molar-refractivity contribution in [3.05, 3.63) is 29.6 Å². The number of nitrogens with two attached hydrogens (primary N) is 2. The molecule has 0 spiro atoms. The highest BCUT2D eigenvalue weighted by Crippen LogP contribution is 2.50. The molecule has 4 N–H and O–H groups in total. The zero-order valence-corrected chi connectivity index (χ0v) is 8.26. The highest BCUT2D eigenvalue weighted by Gasteiger charge is 2.47. The number of halogens is 1. The van der Waals surface area contributed by atoms with Crippen LogP contribution in [0.3, 0.4) is 0 Å². The molecule has 0 amide bonds. The number of anilines is 1. The van der Waals surface area contributed by atoms with E-state index in [2.05, 4.69) is 0 Å². The Bertz CT molecular complexity index is 356. The molecule has 0 aromatic heterocycles. The van der Waals surface area contributed by atoms with E-state index in [4.69, 9.17) is 11.5 Å². The van der Waals surface area contributed by atoms with Crippen molar-refractivity contribution in [2.75, 3.05) is 5.73 Å². The fourth-order valence-corrected chi connectivity index (χ4v) is 2.00. The quantitative estimate of drug-likeness (QED) is 0.705. The van der Waals surface area contributed by atoms with E-state index in [1.54, 1.807) is 12.1 Å². The monoisotopic (exact) mass is 194 g/mol. The number of nitrogen functional groups attached to an aromatic ring is 1. The summed E-state index contributed by atoms with van der Waals surface area (Å²) >= 11 is 0. The maximum Gasteiger partial charge on any atom is 0.146 e. The van der Waals surface area contributed by atoms with Crippen molar-refractivity contribution in [1.29, 1.82) is 0 Å². The van der Waals surface area contributed by atoms with Crippen LogP contribution in [0.4, 0.5) is 10.1 Å². The van der Waals surface area contributed by atoms with E-state index >= 15 is 0 Å². The second kappa shape index (κ2) is 2.95. The molecule has 14 heavy (non-hydrogen) atoms. The molecule has 0 bridgehead atoms. The molecule has 0 radical (unpaired) electrons. The van der Waals surface area contributed by atoms with Gasteiger partial charge in [0.25, 0.3) is 0 Å². The second-order valence-corrected chi connectivity index (χ2v) is 4.18. The van der Waals surface area contributed by atoms with Crippen LogP contribution >= 0.6 is 0 Å². The van der Waals surface area contributed by atoms with Gasteiger partial charge in [0.2, 0.25) is 0 Å².